The molecule has 6 unspecified atom stereocenters. The van der Waals surface area contributed by atoms with Crippen LogP contribution in [-0.2, 0) is 4.79 Å². The molecular weight excluding hydrogens is 160 g/mol. The number of carbonyl (C=O) groups excluding carboxylic acids is 1. The highest BCUT2D eigenvalue weighted by molar-refractivity contribution is 5.90. The highest BCUT2D eigenvalue weighted by atomic mass is 16.1. The number of hydrogen-bond donors (Lipinski definition) is 0. The maximum atomic E-state index is 12.1. The van der Waals surface area contributed by atoms with Gasteiger partial charge in [0.1, 0.15) is 5.78 Å². The predicted octanol–water partition coefficient (Wildman–Crippen LogP) is 1.72. The molecule has 0 aromatic heterocycles. The van der Waals surface area contributed by atoms with Crippen LogP contribution in [0.15, 0.2) is 0 Å². The highest BCUT2D eigenvalue weighted by Crippen LogP contribution is 2.79. The van der Waals surface area contributed by atoms with Crippen LogP contribution in [0.25, 0.3) is 0 Å². The molecule has 1 heteroatoms. The lowest BCUT2D eigenvalue weighted by atomic mass is 9.53. The molecule has 0 amide bonds. The molecular formula is C12H14O. The molecule has 6 aliphatic carbocycles. The van der Waals surface area contributed by atoms with Gasteiger partial charge in [-0.15, -0.1) is 0 Å². The van der Waals surface area contributed by atoms with Gasteiger partial charge in [0.15, 0.2) is 0 Å². The average Bonchev–Trinajstić information content (AvgIpc) is 2.74. The summed E-state index contributed by atoms with van der Waals surface area (Å²) in [5.74, 6) is 7.50. The van der Waals surface area contributed by atoms with Crippen molar-refractivity contribution >= 4 is 5.78 Å². The summed E-state index contributed by atoms with van der Waals surface area (Å²) in [5.41, 5.74) is 0. The molecule has 6 saturated carbocycles. The molecule has 0 saturated heterocycles. The Balaban J connectivity index is 1.81. The second-order valence-corrected chi connectivity index (χ2v) is 6.17. The van der Waals surface area contributed by atoms with Crippen molar-refractivity contribution in [2.75, 3.05) is 0 Å². The first-order valence-corrected chi connectivity index (χ1v) is 5.90. The largest absolute Gasteiger partial charge is 0.299 e. The summed E-state index contributed by atoms with van der Waals surface area (Å²) in [7, 11) is 0. The number of ketones is 1. The number of carbonyl (C=O) groups is 1. The molecule has 1 nitrogen and oxygen atoms in total. The van der Waals surface area contributed by atoms with E-state index in [9.17, 15) is 4.79 Å². The Morgan fingerprint density at radius 2 is 1.31 bits per heavy atom. The third-order valence-corrected chi connectivity index (χ3v) is 6.06. The highest BCUT2D eigenvalue weighted by Gasteiger charge is 2.78. The van der Waals surface area contributed by atoms with Crippen LogP contribution in [0.3, 0.4) is 0 Å². The Kier molecular flexibility index (Phi) is 0.721. The van der Waals surface area contributed by atoms with E-state index >= 15 is 0 Å². The van der Waals surface area contributed by atoms with Crippen molar-refractivity contribution in [2.45, 2.75) is 19.3 Å². The fourth-order valence-electron chi connectivity index (χ4n) is 6.02. The van der Waals surface area contributed by atoms with Crippen molar-refractivity contribution in [3.05, 3.63) is 0 Å². The average molecular weight is 174 g/mol. The third-order valence-electron chi connectivity index (χ3n) is 6.06. The van der Waals surface area contributed by atoms with Crippen molar-refractivity contribution in [1.82, 2.24) is 0 Å². The van der Waals surface area contributed by atoms with Gasteiger partial charge in [0, 0.05) is 11.8 Å². The molecule has 6 aliphatic rings. The topological polar surface area (TPSA) is 17.1 Å². The standard InChI is InChI=1S/C12H14O/c13-12-8-5-1-4-2-6(3-5)9(12)11-7(4)10(8)11/h4-11H,1-3H2. The quantitative estimate of drug-likeness (QED) is 0.546. The van der Waals surface area contributed by atoms with E-state index in [-0.39, 0.29) is 0 Å². The van der Waals surface area contributed by atoms with E-state index in [2.05, 4.69) is 0 Å². The Hall–Kier alpha value is -0.330. The normalized spacial score (nSPS) is 74.9. The molecule has 0 aromatic carbocycles. The predicted molar refractivity (Wildman–Crippen MR) is 46.8 cm³/mol. The first kappa shape index (κ1) is 6.21. The minimum absolute atomic E-state index is 0.577. The molecule has 0 radical (unpaired) electrons. The molecule has 5 bridgehead atoms. The van der Waals surface area contributed by atoms with E-state index in [0.717, 1.165) is 35.5 Å². The van der Waals surface area contributed by atoms with Crippen LogP contribution in [0.1, 0.15) is 19.3 Å². The van der Waals surface area contributed by atoms with Crippen LogP contribution < -0.4 is 0 Å². The lowest BCUT2D eigenvalue weighted by molar-refractivity contribution is -0.141. The minimum atomic E-state index is 0.577. The third kappa shape index (κ3) is 0.442. The molecule has 6 atom stereocenters. The first-order chi connectivity index (χ1) is 6.36. The van der Waals surface area contributed by atoms with E-state index < -0.39 is 0 Å². The van der Waals surface area contributed by atoms with Gasteiger partial charge in [-0.05, 0) is 54.8 Å². The van der Waals surface area contributed by atoms with Gasteiger partial charge < -0.3 is 0 Å². The minimum Gasteiger partial charge on any atom is -0.299 e. The summed E-state index contributed by atoms with van der Waals surface area (Å²) in [6, 6.07) is 0. The maximum absolute atomic E-state index is 12.1. The van der Waals surface area contributed by atoms with Crippen LogP contribution in [0.5, 0.6) is 0 Å². The van der Waals surface area contributed by atoms with Crippen LogP contribution in [-0.4, -0.2) is 5.78 Å². The van der Waals surface area contributed by atoms with Crippen molar-refractivity contribution < 1.29 is 4.79 Å². The Labute approximate surface area is 77.9 Å². The van der Waals surface area contributed by atoms with E-state index in [1.807, 2.05) is 0 Å². The van der Waals surface area contributed by atoms with Crippen LogP contribution in [0.2, 0.25) is 0 Å². The van der Waals surface area contributed by atoms with Gasteiger partial charge in [0.25, 0.3) is 0 Å². The smallest absolute Gasteiger partial charge is 0.140 e. The summed E-state index contributed by atoms with van der Waals surface area (Å²) in [5, 5.41) is 0. The molecule has 6 rings (SSSR count). The fourth-order valence-corrected chi connectivity index (χ4v) is 6.02. The fraction of sp³-hybridized carbons (Fsp3) is 0.917. The number of hydrogen-bond acceptors (Lipinski definition) is 1. The molecule has 0 aliphatic heterocycles. The van der Waals surface area contributed by atoms with Gasteiger partial charge in [-0.2, -0.15) is 0 Å². The second kappa shape index (κ2) is 1.51. The number of Topliss-reactive ketones (excluding diaryl/α,β-unsaturated/α-hetero) is 1. The lowest BCUT2D eigenvalue weighted by Gasteiger charge is -2.50. The van der Waals surface area contributed by atoms with Gasteiger partial charge >= 0.3 is 0 Å². The van der Waals surface area contributed by atoms with Gasteiger partial charge in [-0.3, -0.25) is 4.79 Å². The van der Waals surface area contributed by atoms with Crippen LogP contribution in [0.4, 0.5) is 0 Å². The molecule has 0 aromatic rings. The Morgan fingerprint density at radius 1 is 0.769 bits per heavy atom. The zero-order chi connectivity index (χ0) is 8.32. The van der Waals surface area contributed by atoms with Crippen molar-refractivity contribution in [3.8, 4) is 0 Å². The zero-order valence-electron chi connectivity index (χ0n) is 7.65. The maximum Gasteiger partial charge on any atom is 0.140 e. The molecule has 13 heavy (non-hydrogen) atoms. The molecule has 68 valence electrons. The molecule has 0 heterocycles. The van der Waals surface area contributed by atoms with E-state index in [1.165, 1.54) is 19.3 Å². The summed E-state index contributed by atoms with van der Waals surface area (Å²) >= 11 is 0. The van der Waals surface area contributed by atoms with E-state index in [0.29, 0.717) is 17.6 Å². The van der Waals surface area contributed by atoms with E-state index in [4.69, 9.17) is 0 Å². The Morgan fingerprint density at radius 3 is 1.92 bits per heavy atom. The zero-order valence-corrected chi connectivity index (χ0v) is 7.65. The molecule has 6 fully saturated rings. The van der Waals surface area contributed by atoms with Crippen LogP contribution >= 0.6 is 0 Å². The second-order valence-electron chi connectivity index (χ2n) is 6.17. The monoisotopic (exact) mass is 174 g/mol. The lowest BCUT2D eigenvalue weighted by Crippen LogP contribution is -2.49. The summed E-state index contributed by atoms with van der Waals surface area (Å²) in [6.07, 6.45) is 4.28. The van der Waals surface area contributed by atoms with Gasteiger partial charge in [0.2, 0.25) is 0 Å². The molecule has 0 N–H and O–H groups in total. The molecule has 0 spiro atoms. The van der Waals surface area contributed by atoms with Gasteiger partial charge in [-0.25, -0.2) is 0 Å². The van der Waals surface area contributed by atoms with E-state index in [1.54, 1.807) is 0 Å². The summed E-state index contributed by atoms with van der Waals surface area (Å²) in [4.78, 5) is 12.1. The van der Waals surface area contributed by atoms with Crippen molar-refractivity contribution in [2.24, 2.45) is 47.3 Å². The van der Waals surface area contributed by atoms with Crippen LogP contribution in [0, 0.1) is 47.3 Å². The number of rotatable bonds is 0. The Bertz CT molecular complexity index is 298. The van der Waals surface area contributed by atoms with Gasteiger partial charge in [0.05, 0.1) is 0 Å². The van der Waals surface area contributed by atoms with Crippen molar-refractivity contribution in [3.63, 3.8) is 0 Å². The summed E-state index contributed by atoms with van der Waals surface area (Å²) < 4.78 is 0. The first-order valence-electron chi connectivity index (χ1n) is 5.90. The summed E-state index contributed by atoms with van der Waals surface area (Å²) in [6.45, 7) is 0. The van der Waals surface area contributed by atoms with Crippen molar-refractivity contribution in [1.29, 1.82) is 0 Å². The van der Waals surface area contributed by atoms with Gasteiger partial charge in [-0.1, -0.05) is 0 Å². The SMILES string of the molecule is O=C1C2C3CC4CC(C3)C3C2C3C14.